The van der Waals surface area contributed by atoms with E-state index in [4.69, 9.17) is 4.74 Å². The second-order valence-electron chi connectivity index (χ2n) is 4.48. The van der Waals surface area contributed by atoms with E-state index in [1.165, 1.54) is 0 Å². The molecule has 0 aliphatic heterocycles. The number of rotatable bonds is 4. The summed E-state index contributed by atoms with van der Waals surface area (Å²) in [6.07, 6.45) is 0. The molecule has 0 spiro atoms. The van der Waals surface area contributed by atoms with Crippen LogP contribution in [0.3, 0.4) is 0 Å². The summed E-state index contributed by atoms with van der Waals surface area (Å²) in [5, 5.41) is 10.7. The molecule has 1 heterocycles. The van der Waals surface area contributed by atoms with E-state index in [1.54, 1.807) is 6.07 Å². The minimum atomic E-state index is 0.306. The van der Waals surface area contributed by atoms with Crippen molar-refractivity contribution in [2.75, 3.05) is 6.61 Å². The predicted molar refractivity (Wildman–Crippen MR) is 69.3 cm³/mol. The van der Waals surface area contributed by atoms with Gasteiger partial charge < -0.3 is 14.4 Å². The van der Waals surface area contributed by atoms with Gasteiger partial charge >= 0.3 is 0 Å². The Morgan fingerprint density at radius 3 is 2.71 bits per heavy atom. The van der Waals surface area contributed by atoms with Crippen LogP contribution in [0.25, 0.3) is 10.9 Å². The molecular formula is C14H19NO2. The zero-order valence-corrected chi connectivity index (χ0v) is 10.6. The molecule has 1 aromatic carbocycles. The van der Waals surface area contributed by atoms with Gasteiger partial charge in [-0.25, -0.2) is 0 Å². The first-order valence-electron chi connectivity index (χ1n) is 6.04. The molecule has 3 nitrogen and oxygen atoms in total. The van der Waals surface area contributed by atoms with Crippen molar-refractivity contribution in [3.8, 4) is 5.75 Å². The highest BCUT2D eigenvalue weighted by molar-refractivity contribution is 5.82. The van der Waals surface area contributed by atoms with Crippen molar-refractivity contribution in [1.29, 1.82) is 0 Å². The van der Waals surface area contributed by atoms with Crippen molar-refractivity contribution < 1.29 is 9.84 Å². The summed E-state index contributed by atoms with van der Waals surface area (Å²) in [4.78, 5) is 0. The van der Waals surface area contributed by atoms with Gasteiger partial charge in [0.15, 0.2) is 0 Å². The van der Waals surface area contributed by atoms with Crippen molar-refractivity contribution >= 4 is 10.9 Å². The number of hydrogen-bond acceptors (Lipinski definition) is 2. The Balaban J connectivity index is 2.54. The number of phenols is 1. The van der Waals surface area contributed by atoms with Crippen molar-refractivity contribution in [3.63, 3.8) is 0 Å². The summed E-state index contributed by atoms with van der Waals surface area (Å²) in [6.45, 7) is 7.60. The summed E-state index contributed by atoms with van der Waals surface area (Å²) >= 11 is 0. The van der Waals surface area contributed by atoms with Crippen LogP contribution in [0.2, 0.25) is 0 Å². The Morgan fingerprint density at radius 2 is 2.06 bits per heavy atom. The molecule has 0 saturated heterocycles. The van der Waals surface area contributed by atoms with Gasteiger partial charge in [-0.1, -0.05) is 0 Å². The third-order valence-electron chi connectivity index (χ3n) is 2.88. The molecule has 1 aromatic heterocycles. The topological polar surface area (TPSA) is 34.4 Å². The van der Waals surface area contributed by atoms with Crippen LogP contribution in [-0.2, 0) is 11.3 Å². The fourth-order valence-corrected chi connectivity index (χ4v) is 2.19. The summed E-state index contributed by atoms with van der Waals surface area (Å²) in [7, 11) is 0. The molecule has 0 atom stereocenters. The number of aromatic nitrogens is 1. The highest BCUT2D eigenvalue weighted by Gasteiger charge is 2.11. The van der Waals surface area contributed by atoms with E-state index in [-0.39, 0.29) is 0 Å². The van der Waals surface area contributed by atoms with Crippen LogP contribution in [0.4, 0.5) is 0 Å². The number of phenolic OH excluding ortho intramolecular Hbond substituents is 1. The molecule has 17 heavy (non-hydrogen) atoms. The van der Waals surface area contributed by atoms with Gasteiger partial charge in [0.25, 0.3) is 0 Å². The fourth-order valence-electron chi connectivity index (χ4n) is 2.19. The Labute approximate surface area is 102 Å². The van der Waals surface area contributed by atoms with Crippen molar-refractivity contribution in [2.45, 2.75) is 33.4 Å². The Hall–Kier alpha value is -1.48. The second-order valence-corrected chi connectivity index (χ2v) is 4.48. The minimum absolute atomic E-state index is 0.306. The van der Waals surface area contributed by atoms with E-state index in [2.05, 4.69) is 24.5 Å². The lowest BCUT2D eigenvalue weighted by Crippen LogP contribution is -2.06. The van der Waals surface area contributed by atoms with Crippen LogP contribution >= 0.6 is 0 Å². The fraction of sp³-hybridized carbons (Fsp3) is 0.429. The van der Waals surface area contributed by atoms with Crippen molar-refractivity contribution in [1.82, 2.24) is 4.57 Å². The minimum Gasteiger partial charge on any atom is -0.508 e. The number of ether oxygens (including phenoxy) is 1. The third-order valence-corrected chi connectivity index (χ3v) is 2.88. The molecule has 0 unspecified atom stereocenters. The maximum Gasteiger partial charge on any atom is 0.117 e. The standard InChI is InChI=1S/C14H19NO2/c1-4-17-9-12-7-11-5-6-13(16)8-14(11)15(12)10(2)3/h5-8,10,16H,4,9H2,1-3H3. The number of hydrogen-bond donors (Lipinski definition) is 1. The molecule has 0 aliphatic rings. The average Bonchev–Trinajstić information content (AvgIpc) is 2.63. The largest absolute Gasteiger partial charge is 0.508 e. The molecule has 3 heteroatoms. The van der Waals surface area contributed by atoms with Gasteiger partial charge in [-0.2, -0.15) is 0 Å². The van der Waals surface area contributed by atoms with Gasteiger partial charge in [0.2, 0.25) is 0 Å². The highest BCUT2D eigenvalue weighted by Crippen LogP contribution is 2.27. The number of benzene rings is 1. The molecule has 0 aliphatic carbocycles. The lowest BCUT2D eigenvalue weighted by atomic mass is 10.2. The first kappa shape index (κ1) is 12.0. The first-order valence-corrected chi connectivity index (χ1v) is 6.04. The van der Waals surface area contributed by atoms with E-state index in [1.807, 2.05) is 19.1 Å². The molecule has 1 N–H and O–H groups in total. The lowest BCUT2D eigenvalue weighted by molar-refractivity contribution is 0.128. The van der Waals surface area contributed by atoms with Gasteiger partial charge in [0.05, 0.1) is 12.1 Å². The molecule has 0 saturated carbocycles. The normalized spacial score (nSPS) is 11.5. The Morgan fingerprint density at radius 1 is 1.29 bits per heavy atom. The summed E-state index contributed by atoms with van der Waals surface area (Å²) in [5.74, 6) is 0.306. The van der Waals surface area contributed by atoms with Crippen molar-refractivity contribution in [2.24, 2.45) is 0 Å². The monoisotopic (exact) mass is 233 g/mol. The molecule has 2 rings (SSSR count). The van der Waals surface area contributed by atoms with E-state index in [0.717, 1.165) is 16.6 Å². The van der Waals surface area contributed by atoms with E-state index in [0.29, 0.717) is 25.0 Å². The molecule has 0 amide bonds. The molecule has 2 aromatic rings. The summed E-state index contributed by atoms with van der Waals surface area (Å²) in [5.41, 5.74) is 2.22. The smallest absolute Gasteiger partial charge is 0.117 e. The van der Waals surface area contributed by atoms with Gasteiger partial charge in [-0.3, -0.25) is 0 Å². The van der Waals surface area contributed by atoms with Crippen LogP contribution in [0.15, 0.2) is 24.3 Å². The van der Waals surface area contributed by atoms with Gasteiger partial charge in [-0.15, -0.1) is 0 Å². The quantitative estimate of drug-likeness (QED) is 0.877. The molecule has 0 radical (unpaired) electrons. The third kappa shape index (κ3) is 2.29. The maximum atomic E-state index is 9.58. The molecule has 0 bridgehead atoms. The molecule has 0 fully saturated rings. The SMILES string of the molecule is CCOCc1cc2ccc(O)cc2n1C(C)C. The van der Waals surface area contributed by atoms with Gasteiger partial charge in [-0.05, 0) is 39.0 Å². The Kier molecular flexibility index (Phi) is 3.38. The van der Waals surface area contributed by atoms with Crippen molar-refractivity contribution in [3.05, 3.63) is 30.0 Å². The first-order chi connectivity index (χ1) is 8.13. The lowest BCUT2D eigenvalue weighted by Gasteiger charge is -2.14. The molecular weight excluding hydrogens is 214 g/mol. The predicted octanol–water partition coefficient (Wildman–Crippen LogP) is 3.46. The zero-order chi connectivity index (χ0) is 12.4. The van der Waals surface area contributed by atoms with E-state index >= 15 is 0 Å². The van der Waals surface area contributed by atoms with E-state index < -0.39 is 0 Å². The number of aromatic hydroxyl groups is 1. The van der Waals surface area contributed by atoms with Crippen LogP contribution in [0.1, 0.15) is 32.5 Å². The zero-order valence-electron chi connectivity index (χ0n) is 10.6. The van der Waals surface area contributed by atoms with Gasteiger partial charge in [0.1, 0.15) is 5.75 Å². The Bertz CT molecular complexity index is 514. The van der Waals surface area contributed by atoms with Crippen LogP contribution < -0.4 is 0 Å². The second kappa shape index (κ2) is 4.80. The van der Waals surface area contributed by atoms with Gasteiger partial charge in [0, 0.05) is 29.8 Å². The maximum absolute atomic E-state index is 9.58. The van der Waals surface area contributed by atoms with Crippen LogP contribution in [0.5, 0.6) is 5.75 Å². The number of fused-ring (bicyclic) bond motifs is 1. The van der Waals surface area contributed by atoms with E-state index in [9.17, 15) is 5.11 Å². The van der Waals surface area contributed by atoms with Crippen LogP contribution in [-0.4, -0.2) is 16.3 Å². The number of nitrogens with zero attached hydrogens (tertiary/aromatic N) is 1. The summed E-state index contributed by atoms with van der Waals surface area (Å²) < 4.78 is 7.70. The average molecular weight is 233 g/mol. The molecule has 92 valence electrons. The summed E-state index contributed by atoms with van der Waals surface area (Å²) in [6, 6.07) is 7.95. The highest BCUT2D eigenvalue weighted by atomic mass is 16.5. The van der Waals surface area contributed by atoms with Crippen LogP contribution in [0, 0.1) is 0 Å².